The Morgan fingerprint density at radius 1 is 1.38 bits per heavy atom. The lowest BCUT2D eigenvalue weighted by molar-refractivity contribution is 0.188. The second kappa shape index (κ2) is 8.24. The monoisotopic (exact) mass is 371 g/mol. The highest BCUT2D eigenvalue weighted by molar-refractivity contribution is 7.90. The number of methoxy groups -OCH3 is 1. The number of rotatable bonds is 9. The summed E-state index contributed by atoms with van der Waals surface area (Å²) in [5.74, 6) is 0. The van der Waals surface area contributed by atoms with Gasteiger partial charge in [-0.2, -0.15) is 0 Å². The Morgan fingerprint density at radius 3 is 2.71 bits per heavy atom. The molecule has 2 rings (SSSR count). The molecular formula is C16H25N3O3S2. The minimum Gasteiger partial charge on any atom is -0.385 e. The van der Waals surface area contributed by atoms with Crippen molar-refractivity contribution < 1.29 is 13.2 Å². The summed E-state index contributed by atoms with van der Waals surface area (Å²) in [4.78, 5) is 7.64. The summed E-state index contributed by atoms with van der Waals surface area (Å²) in [6.07, 6.45) is 3.61. The smallest absolute Gasteiger partial charge is 0.227 e. The van der Waals surface area contributed by atoms with E-state index in [-0.39, 0.29) is 5.16 Å². The van der Waals surface area contributed by atoms with Gasteiger partial charge < -0.3 is 9.30 Å². The second-order valence-electron chi connectivity index (χ2n) is 6.00. The minimum atomic E-state index is -3.35. The average molecular weight is 372 g/mol. The van der Waals surface area contributed by atoms with Crippen LogP contribution in [0.2, 0.25) is 0 Å². The van der Waals surface area contributed by atoms with Crippen LogP contribution < -0.4 is 0 Å². The van der Waals surface area contributed by atoms with E-state index in [1.807, 2.05) is 7.05 Å². The quantitative estimate of drug-likeness (QED) is 0.633. The van der Waals surface area contributed by atoms with Gasteiger partial charge in [-0.15, -0.1) is 11.3 Å². The molecule has 0 saturated carbocycles. The van der Waals surface area contributed by atoms with Crippen LogP contribution in [0, 0.1) is 6.92 Å². The van der Waals surface area contributed by atoms with Crippen LogP contribution in [0.3, 0.4) is 0 Å². The van der Waals surface area contributed by atoms with Gasteiger partial charge in [-0.1, -0.05) is 0 Å². The van der Waals surface area contributed by atoms with Gasteiger partial charge >= 0.3 is 0 Å². The molecule has 0 aliphatic heterocycles. The molecule has 0 aliphatic carbocycles. The highest BCUT2D eigenvalue weighted by atomic mass is 32.2. The predicted octanol–water partition coefficient (Wildman–Crippen LogP) is 2.33. The van der Waals surface area contributed by atoms with Gasteiger partial charge in [0.2, 0.25) is 15.0 Å². The zero-order valence-electron chi connectivity index (χ0n) is 14.7. The molecule has 24 heavy (non-hydrogen) atoms. The summed E-state index contributed by atoms with van der Waals surface area (Å²) < 4.78 is 30.8. The Hall–Kier alpha value is -1.22. The first-order valence-electron chi connectivity index (χ1n) is 7.78. The summed E-state index contributed by atoms with van der Waals surface area (Å²) in [5, 5.41) is 2.23. The third-order valence-electron chi connectivity index (χ3n) is 3.78. The molecule has 0 bridgehead atoms. The first-order valence-corrected chi connectivity index (χ1v) is 10.5. The fourth-order valence-electron chi connectivity index (χ4n) is 2.56. The van der Waals surface area contributed by atoms with Crippen molar-refractivity contribution in [3.8, 4) is 0 Å². The van der Waals surface area contributed by atoms with Crippen molar-refractivity contribution in [2.75, 3.05) is 27.0 Å². The maximum absolute atomic E-state index is 12.0. The molecule has 0 aromatic carbocycles. The van der Waals surface area contributed by atoms with Crippen molar-refractivity contribution in [3.63, 3.8) is 0 Å². The van der Waals surface area contributed by atoms with E-state index in [0.717, 1.165) is 18.7 Å². The third-order valence-corrected chi connectivity index (χ3v) is 5.77. The maximum Gasteiger partial charge on any atom is 0.227 e. The molecule has 6 nitrogen and oxygen atoms in total. The topological polar surface area (TPSA) is 64.4 Å². The Labute approximate surface area is 148 Å². The van der Waals surface area contributed by atoms with Crippen molar-refractivity contribution in [1.29, 1.82) is 0 Å². The molecule has 0 amide bonds. The van der Waals surface area contributed by atoms with Crippen LogP contribution >= 0.6 is 11.3 Å². The maximum atomic E-state index is 12.0. The van der Waals surface area contributed by atoms with E-state index < -0.39 is 9.84 Å². The van der Waals surface area contributed by atoms with Crippen LogP contribution in [-0.2, 0) is 34.2 Å². The van der Waals surface area contributed by atoms with Crippen LogP contribution in [0.1, 0.15) is 22.6 Å². The van der Waals surface area contributed by atoms with Gasteiger partial charge in [0.25, 0.3) is 0 Å². The number of sulfone groups is 1. The highest BCUT2D eigenvalue weighted by Crippen LogP contribution is 2.19. The van der Waals surface area contributed by atoms with Gasteiger partial charge in [-0.3, -0.25) is 4.90 Å². The molecule has 0 fully saturated rings. The van der Waals surface area contributed by atoms with Crippen molar-refractivity contribution in [1.82, 2.24) is 14.5 Å². The number of thiophene rings is 1. The van der Waals surface area contributed by atoms with Crippen LogP contribution in [-0.4, -0.2) is 49.9 Å². The molecule has 0 aliphatic rings. The van der Waals surface area contributed by atoms with E-state index in [9.17, 15) is 8.42 Å². The SMILES string of the molecule is COCCCn1c(CN(C)Cc2sccc2C)cnc1S(C)(=O)=O. The number of hydrogen-bond acceptors (Lipinski definition) is 6. The molecule has 0 unspecified atom stereocenters. The van der Waals surface area contributed by atoms with Crippen LogP contribution in [0.25, 0.3) is 0 Å². The molecule has 2 aromatic rings. The van der Waals surface area contributed by atoms with E-state index in [1.54, 1.807) is 29.2 Å². The molecule has 0 radical (unpaired) electrons. The molecule has 8 heteroatoms. The zero-order chi connectivity index (χ0) is 17.7. The number of hydrogen-bond donors (Lipinski definition) is 0. The largest absolute Gasteiger partial charge is 0.385 e. The first-order chi connectivity index (χ1) is 11.3. The van der Waals surface area contributed by atoms with E-state index in [1.165, 1.54) is 16.7 Å². The molecule has 0 spiro atoms. The number of nitrogens with zero attached hydrogens (tertiary/aromatic N) is 3. The van der Waals surface area contributed by atoms with E-state index in [0.29, 0.717) is 19.7 Å². The Balaban J connectivity index is 2.16. The Bertz CT molecular complexity index is 765. The van der Waals surface area contributed by atoms with Crippen molar-refractivity contribution in [3.05, 3.63) is 33.8 Å². The predicted molar refractivity (Wildman–Crippen MR) is 96.1 cm³/mol. The van der Waals surface area contributed by atoms with Crippen LogP contribution in [0.15, 0.2) is 22.8 Å². The summed E-state index contributed by atoms with van der Waals surface area (Å²) >= 11 is 1.74. The normalized spacial score (nSPS) is 12.2. The summed E-state index contributed by atoms with van der Waals surface area (Å²) in [5.41, 5.74) is 2.19. The molecule has 0 saturated heterocycles. The van der Waals surface area contributed by atoms with Gasteiger partial charge in [0.05, 0.1) is 11.9 Å². The zero-order valence-corrected chi connectivity index (χ0v) is 16.3. The average Bonchev–Trinajstić information content (AvgIpc) is 3.06. The molecule has 134 valence electrons. The van der Waals surface area contributed by atoms with Crippen LogP contribution in [0.5, 0.6) is 0 Å². The molecule has 0 N–H and O–H groups in total. The number of imidazole rings is 1. The van der Waals surface area contributed by atoms with Gasteiger partial charge in [0, 0.05) is 44.5 Å². The van der Waals surface area contributed by atoms with E-state index in [4.69, 9.17) is 4.74 Å². The van der Waals surface area contributed by atoms with E-state index in [2.05, 4.69) is 28.3 Å². The standard InChI is InChI=1S/C16H25N3O3S2/c1-13-6-9-23-15(13)12-18(2)11-14-10-17-16(24(4,20)21)19(14)7-5-8-22-3/h6,9-10H,5,7-8,11-12H2,1-4H3. The molecule has 2 heterocycles. The van der Waals surface area contributed by atoms with Crippen molar-refractivity contribution in [2.24, 2.45) is 0 Å². The van der Waals surface area contributed by atoms with Crippen LogP contribution in [0.4, 0.5) is 0 Å². The minimum absolute atomic E-state index is 0.134. The van der Waals surface area contributed by atoms with E-state index >= 15 is 0 Å². The molecule has 0 atom stereocenters. The molecule has 2 aromatic heterocycles. The van der Waals surface area contributed by atoms with Crippen molar-refractivity contribution >= 4 is 21.2 Å². The summed E-state index contributed by atoms with van der Waals surface area (Å²) in [7, 11) is 0.328. The summed E-state index contributed by atoms with van der Waals surface area (Å²) in [6.45, 7) is 4.76. The van der Waals surface area contributed by atoms with Crippen molar-refractivity contribution in [2.45, 2.75) is 38.1 Å². The van der Waals surface area contributed by atoms with Gasteiger partial charge in [0.15, 0.2) is 0 Å². The lowest BCUT2D eigenvalue weighted by Gasteiger charge is -2.18. The lowest BCUT2D eigenvalue weighted by atomic mass is 10.3. The third kappa shape index (κ3) is 4.89. The number of aryl methyl sites for hydroxylation is 1. The first kappa shape index (κ1) is 19.1. The fourth-order valence-corrected chi connectivity index (χ4v) is 4.40. The second-order valence-corrected chi connectivity index (χ2v) is 8.91. The fraction of sp³-hybridized carbons (Fsp3) is 0.562. The highest BCUT2D eigenvalue weighted by Gasteiger charge is 2.19. The number of aromatic nitrogens is 2. The molecular weight excluding hydrogens is 346 g/mol. The van der Waals surface area contributed by atoms with Gasteiger partial charge in [0.1, 0.15) is 0 Å². The number of ether oxygens (including phenoxy) is 1. The Morgan fingerprint density at radius 2 is 2.12 bits per heavy atom. The van der Waals surface area contributed by atoms with Gasteiger partial charge in [-0.25, -0.2) is 13.4 Å². The summed E-state index contributed by atoms with van der Waals surface area (Å²) in [6, 6.07) is 2.12. The van der Waals surface area contributed by atoms with Gasteiger partial charge in [-0.05, 0) is 37.4 Å². The lowest BCUT2D eigenvalue weighted by Crippen LogP contribution is -2.21. The Kier molecular flexibility index (Phi) is 6.56.